The maximum absolute atomic E-state index is 9.46. The van der Waals surface area contributed by atoms with Crippen LogP contribution in [0.25, 0.3) is 5.57 Å². The zero-order chi connectivity index (χ0) is 17.7. The maximum Gasteiger partial charge on any atom is 0.164 e. The van der Waals surface area contributed by atoms with Crippen LogP contribution in [-0.4, -0.2) is 32.5 Å². The first-order valence-electron chi connectivity index (χ1n) is 7.92. The van der Waals surface area contributed by atoms with Gasteiger partial charge in [0.25, 0.3) is 0 Å². The lowest BCUT2D eigenvalue weighted by atomic mass is 9.93. The van der Waals surface area contributed by atoms with E-state index in [0.29, 0.717) is 17.3 Å². The van der Waals surface area contributed by atoms with Crippen LogP contribution >= 0.6 is 11.6 Å². The lowest BCUT2D eigenvalue weighted by molar-refractivity contribution is 0.171. The second-order valence-electron chi connectivity index (χ2n) is 6.53. The summed E-state index contributed by atoms with van der Waals surface area (Å²) in [5, 5.41) is 13.5. The Labute approximate surface area is 149 Å². The molecule has 0 spiro atoms. The molecule has 0 fully saturated rings. The van der Waals surface area contributed by atoms with E-state index in [0.717, 1.165) is 29.0 Å². The van der Waals surface area contributed by atoms with Gasteiger partial charge in [0.05, 0.1) is 14.2 Å². The van der Waals surface area contributed by atoms with E-state index < -0.39 is 0 Å². The minimum Gasteiger partial charge on any atom is -0.497 e. The molecule has 131 valence electrons. The Hall–Kier alpha value is -1.65. The molecule has 0 aliphatic heterocycles. The van der Waals surface area contributed by atoms with Crippen molar-refractivity contribution in [2.75, 3.05) is 32.7 Å². The summed E-state index contributed by atoms with van der Waals surface area (Å²) < 4.78 is 11.0. The molecule has 1 radical (unpaired) electrons. The van der Waals surface area contributed by atoms with Crippen LogP contribution in [0.4, 0.5) is 5.69 Å². The van der Waals surface area contributed by atoms with Gasteiger partial charge in [-0.1, -0.05) is 31.5 Å². The van der Waals surface area contributed by atoms with Crippen molar-refractivity contribution in [1.82, 2.24) is 0 Å². The second kappa shape index (κ2) is 7.95. The number of aliphatic hydroxyl groups excluding tert-OH is 1. The standard InChI is InChI=1S/C19H25ClNO3/c1-19(2,12-22)11-21-16-9-8-13(20)10-15(16)14-6-5-7-17(23-3)18(14)24-4/h6-10,21-22H,5,11-12H2,1-4H3. The van der Waals surface area contributed by atoms with E-state index in [4.69, 9.17) is 21.1 Å². The van der Waals surface area contributed by atoms with Gasteiger partial charge < -0.3 is 19.9 Å². The van der Waals surface area contributed by atoms with Crippen molar-refractivity contribution in [2.45, 2.75) is 20.3 Å². The summed E-state index contributed by atoms with van der Waals surface area (Å²) in [5.41, 5.74) is 2.63. The van der Waals surface area contributed by atoms with Gasteiger partial charge in [0.1, 0.15) is 5.76 Å². The molecule has 0 unspecified atom stereocenters. The van der Waals surface area contributed by atoms with Crippen molar-refractivity contribution in [3.8, 4) is 0 Å². The third-order valence-electron chi connectivity index (χ3n) is 3.97. The van der Waals surface area contributed by atoms with Crippen molar-refractivity contribution in [3.05, 3.63) is 52.8 Å². The zero-order valence-electron chi connectivity index (χ0n) is 14.6. The molecule has 1 aliphatic carbocycles. The Morgan fingerprint density at radius 2 is 2.00 bits per heavy atom. The average molecular weight is 351 g/mol. The summed E-state index contributed by atoms with van der Waals surface area (Å²) in [6.07, 6.45) is 4.84. The summed E-state index contributed by atoms with van der Waals surface area (Å²) >= 11 is 6.22. The molecule has 0 aromatic heterocycles. The van der Waals surface area contributed by atoms with Gasteiger partial charge in [-0.15, -0.1) is 0 Å². The molecule has 0 saturated carbocycles. The number of aliphatic hydroxyl groups is 1. The Kier molecular flexibility index (Phi) is 6.19. The summed E-state index contributed by atoms with van der Waals surface area (Å²) in [6.45, 7) is 4.76. The van der Waals surface area contributed by atoms with E-state index in [2.05, 4.69) is 11.4 Å². The Morgan fingerprint density at radius 1 is 1.25 bits per heavy atom. The molecular weight excluding hydrogens is 326 g/mol. The highest BCUT2D eigenvalue weighted by atomic mass is 35.5. The molecule has 1 aliphatic rings. The van der Waals surface area contributed by atoms with Crippen molar-refractivity contribution >= 4 is 22.9 Å². The van der Waals surface area contributed by atoms with Gasteiger partial charge in [0.2, 0.25) is 0 Å². The molecule has 2 rings (SSSR count). The smallest absolute Gasteiger partial charge is 0.164 e. The second-order valence-corrected chi connectivity index (χ2v) is 6.96. The number of methoxy groups -OCH3 is 2. The molecule has 0 atom stereocenters. The number of hydrogen-bond donors (Lipinski definition) is 2. The minimum absolute atomic E-state index is 0.109. The first-order valence-corrected chi connectivity index (χ1v) is 8.30. The molecular formula is C19H25ClNO3. The topological polar surface area (TPSA) is 50.7 Å². The Balaban J connectivity index is 2.40. The number of anilines is 1. The molecule has 0 saturated heterocycles. The van der Waals surface area contributed by atoms with Crippen LogP contribution in [0.1, 0.15) is 25.8 Å². The largest absolute Gasteiger partial charge is 0.497 e. The van der Waals surface area contributed by atoms with Crippen LogP contribution in [-0.2, 0) is 9.47 Å². The molecule has 1 aromatic carbocycles. The van der Waals surface area contributed by atoms with E-state index >= 15 is 0 Å². The predicted octanol–water partition coefficient (Wildman–Crippen LogP) is 4.27. The van der Waals surface area contributed by atoms with Crippen molar-refractivity contribution in [2.24, 2.45) is 5.41 Å². The Bertz CT molecular complexity index is 650. The van der Waals surface area contributed by atoms with E-state index in [-0.39, 0.29) is 12.0 Å². The third kappa shape index (κ3) is 4.25. The van der Waals surface area contributed by atoms with Gasteiger partial charge >= 0.3 is 0 Å². The number of allylic oxidation sites excluding steroid dienone is 3. The SMILES string of the molecule is COC1=C(OC)C(c2cc(Cl)ccc2NCC(C)(C)CO)=CC[CH]1. The summed E-state index contributed by atoms with van der Waals surface area (Å²) in [7, 11) is 3.27. The summed E-state index contributed by atoms with van der Waals surface area (Å²) in [6, 6.07) is 5.71. The minimum atomic E-state index is -0.219. The molecule has 0 bridgehead atoms. The van der Waals surface area contributed by atoms with Crippen molar-refractivity contribution in [1.29, 1.82) is 0 Å². The molecule has 4 nitrogen and oxygen atoms in total. The maximum atomic E-state index is 9.46. The first kappa shape index (κ1) is 18.7. The molecule has 5 heteroatoms. The quantitative estimate of drug-likeness (QED) is 0.771. The Morgan fingerprint density at radius 3 is 2.62 bits per heavy atom. The van der Waals surface area contributed by atoms with Gasteiger partial charge in [-0.05, 0) is 24.6 Å². The van der Waals surface area contributed by atoms with Gasteiger partial charge in [-0.2, -0.15) is 0 Å². The van der Waals surface area contributed by atoms with Crippen molar-refractivity contribution in [3.63, 3.8) is 0 Å². The molecule has 0 heterocycles. The summed E-state index contributed by atoms with van der Waals surface area (Å²) in [4.78, 5) is 0. The third-order valence-corrected chi connectivity index (χ3v) is 4.21. The fourth-order valence-electron chi connectivity index (χ4n) is 2.50. The van der Waals surface area contributed by atoms with Gasteiger partial charge in [0.15, 0.2) is 5.76 Å². The molecule has 24 heavy (non-hydrogen) atoms. The van der Waals surface area contributed by atoms with Gasteiger partial charge in [0, 0.05) is 46.8 Å². The van der Waals surface area contributed by atoms with Crippen LogP contribution in [0.5, 0.6) is 0 Å². The highest BCUT2D eigenvalue weighted by molar-refractivity contribution is 6.31. The van der Waals surface area contributed by atoms with Crippen LogP contribution < -0.4 is 5.32 Å². The average Bonchev–Trinajstić information content (AvgIpc) is 2.59. The van der Waals surface area contributed by atoms with Crippen LogP contribution in [0, 0.1) is 11.8 Å². The number of nitrogens with one attached hydrogen (secondary N) is 1. The van der Waals surface area contributed by atoms with E-state index in [9.17, 15) is 5.11 Å². The van der Waals surface area contributed by atoms with Crippen LogP contribution in [0.3, 0.4) is 0 Å². The van der Waals surface area contributed by atoms with E-state index in [1.54, 1.807) is 14.2 Å². The number of halogens is 1. The van der Waals surface area contributed by atoms with E-state index in [1.807, 2.05) is 38.5 Å². The molecule has 2 N–H and O–H groups in total. The lowest BCUT2D eigenvalue weighted by Gasteiger charge is -2.25. The predicted molar refractivity (Wildman–Crippen MR) is 98.7 cm³/mol. The van der Waals surface area contributed by atoms with Gasteiger partial charge in [-0.25, -0.2) is 0 Å². The highest BCUT2D eigenvalue weighted by Gasteiger charge is 2.23. The van der Waals surface area contributed by atoms with Gasteiger partial charge in [-0.3, -0.25) is 0 Å². The number of rotatable bonds is 7. The normalized spacial score (nSPS) is 15.2. The fourth-order valence-corrected chi connectivity index (χ4v) is 2.68. The molecule has 0 amide bonds. The number of benzene rings is 1. The molecule has 1 aromatic rings. The first-order chi connectivity index (χ1) is 11.4. The van der Waals surface area contributed by atoms with E-state index in [1.165, 1.54) is 0 Å². The van der Waals surface area contributed by atoms with Crippen LogP contribution in [0.15, 0.2) is 35.8 Å². The highest BCUT2D eigenvalue weighted by Crippen LogP contribution is 2.37. The van der Waals surface area contributed by atoms with Crippen LogP contribution in [0.2, 0.25) is 5.02 Å². The fraction of sp³-hybridized carbons (Fsp3) is 0.421. The number of ether oxygens (including phenoxy) is 2. The number of hydrogen-bond acceptors (Lipinski definition) is 4. The monoisotopic (exact) mass is 350 g/mol. The zero-order valence-corrected chi connectivity index (χ0v) is 15.4. The van der Waals surface area contributed by atoms with Crippen molar-refractivity contribution < 1.29 is 14.6 Å². The lowest BCUT2D eigenvalue weighted by Crippen LogP contribution is -2.27. The summed E-state index contributed by atoms with van der Waals surface area (Å²) in [5.74, 6) is 1.41.